The fourth-order valence-electron chi connectivity index (χ4n) is 2.45. The van der Waals surface area contributed by atoms with Crippen molar-refractivity contribution in [1.29, 1.82) is 0 Å². The molecule has 3 rings (SSSR count). The van der Waals surface area contributed by atoms with Gasteiger partial charge in [0.2, 0.25) is 0 Å². The number of aromatic nitrogens is 1. The Morgan fingerprint density at radius 3 is 2.43 bits per heavy atom. The van der Waals surface area contributed by atoms with Gasteiger partial charge >= 0.3 is 5.97 Å². The molecule has 4 nitrogen and oxygen atoms in total. The molecule has 0 saturated carbocycles. The summed E-state index contributed by atoms with van der Waals surface area (Å²) in [6, 6.07) is 16.2. The lowest BCUT2D eigenvalue weighted by Gasteiger charge is -2.05. The average Bonchev–Trinajstić information content (AvgIpc) is 2.92. The molecule has 1 aromatic heterocycles. The van der Waals surface area contributed by atoms with Crippen LogP contribution in [0.1, 0.15) is 15.9 Å². The number of carbonyl (C=O) groups excluding carboxylic acids is 1. The number of carboxylic acid groups (broad SMARTS) is 1. The molecular formula is C17H13NO3. The first-order valence-corrected chi connectivity index (χ1v) is 6.57. The molecule has 3 aromatic rings. The van der Waals surface area contributed by atoms with E-state index in [0.29, 0.717) is 11.1 Å². The fourth-order valence-corrected chi connectivity index (χ4v) is 2.45. The van der Waals surface area contributed by atoms with Crippen LogP contribution in [0.15, 0.2) is 60.8 Å². The van der Waals surface area contributed by atoms with Crippen molar-refractivity contribution in [3.63, 3.8) is 0 Å². The first-order chi connectivity index (χ1) is 10.2. The van der Waals surface area contributed by atoms with Crippen LogP contribution in [0.3, 0.4) is 0 Å². The van der Waals surface area contributed by atoms with Gasteiger partial charge in [0, 0.05) is 17.1 Å². The number of fused-ring (bicyclic) bond motifs is 1. The number of hydrogen-bond acceptors (Lipinski definition) is 2. The highest BCUT2D eigenvalue weighted by molar-refractivity contribution is 6.03. The molecule has 2 aromatic carbocycles. The van der Waals surface area contributed by atoms with Gasteiger partial charge in [-0.3, -0.25) is 14.2 Å². The fraction of sp³-hybridized carbons (Fsp3) is 0.0588. The van der Waals surface area contributed by atoms with E-state index in [1.807, 2.05) is 24.3 Å². The Kier molecular flexibility index (Phi) is 3.28. The molecule has 0 aliphatic rings. The van der Waals surface area contributed by atoms with Gasteiger partial charge in [0.25, 0.3) is 5.91 Å². The van der Waals surface area contributed by atoms with Crippen LogP contribution < -0.4 is 0 Å². The van der Waals surface area contributed by atoms with Crippen molar-refractivity contribution in [1.82, 2.24) is 4.57 Å². The van der Waals surface area contributed by atoms with Crippen LogP contribution in [-0.2, 0) is 11.2 Å². The van der Waals surface area contributed by atoms with Crippen molar-refractivity contribution >= 4 is 22.8 Å². The predicted molar refractivity (Wildman–Crippen MR) is 79.4 cm³/mol. The molecule has 0 aliphatic carbocycles. The van der Waals surface area contributed by atoms with Crippen LogP contribution in [0.25, 0.3) is 10.9 Å². The molecule has 0 saturated heterocycles. The third-order valence-electron chi connectivity index (χ3n) is 3.40. The third-order valence-corrected chi connectivity index (χ3v) is 3.40. The minimum absolute atomic E-state index is 0.0547. The van der Waals surface area contributed by atoms with E-state index in [1.165, 1.54) is 0 Å². The monoisotopic (exact) mass is 279 g/mol. The van der Waals surface area contributed by atoms with Gasteiger partial charge in [-0.15, -0.1) is 0 Å². The van der Waals surface area contributed by atoms with Crippen molar-refractivity contribution in [2.45, 2.75) is 6.42 Å². The summed E-state index contributed by atoms with van der Waals surface area (Å²) < 4.78 is 1.55. The molecule has 0 unspecified atom stereocenters. The van der Waals surface area contributed by atoms with Gasteiger partial charge in [-0.1, -0.05) is 30.3 Å². The summed E-state index contributed by atoms with van der Waals surface area (Å²) in [6.45, 7) is 0. The van der Waals surface area contributed by atoms with E-state index in [-0.39, 0.29) is 12.3 Å². The number of carbonyl (C=O) groups is 2. The SMILES string of the molecule is O=C(O)Cc1cccc2c1ccn2C(=O)c1ccccc1. The Morgan fingerprint density at radius 2 is 1.71 bits per heavy atom. The van der Waals surface area contributed by atoms with Crippen molar-refractivity contribution in [3.8, 4) is 0 Å². The topological polar surface area (TPSA) is 59.3 Å². The molecule has 0 atom stereocenters. The van der Waals surface area contributed by atoms with Crippen LogP contribution in [0.4, 0.5) is 0 Å². The summed E-state index contributed by atoms with van der Waals surface area (Å²) in [7, 11) is 0. The highest BCUT2D eigenvalue weighted by Crippen LogP contribution is 2.22. The predicted octanol–water partition coefficient (Wildman–Crippen LogP) is 2.96. The zero-order valence-electron chi connectivity index (χ0n) is 11.2. The van der Waals surface area contributed by atoms with Crippen LogP contribution >= 0.6 is 0 Å². The summed E-state index contributed by atoms with van der Waals surface area (Å²) in [4.78, 5) is 23.4. The Morgan fingerprint density at radius 1 is 0.952 bits per heavy atom. The standard InChI is InChI=1S/C17H13NO3/c19-16(20)11-13-7-4-8-15-14(13)9-10-18(15)17(21)12-5-2-1-3-6-12/h1-10H,11H2,(H,19,20). The number of nitrogens with zero attached hydrogens (tertiary/aromatic N) is 1. The summed E-state index contributed by atoms with van der Waals surface area (Å²) in [6.07, 6.45) is 1.63. The molecule has 0 fully saturated rings. The Bertz CT molecular complexity index is 818. The maximum atomic E-state index is 12.5. The molecule has 0 amide bonds. The van der Waals surface area contributed by atoms with Crippen LogP contribution in [0.5, 0.6) is 0 Å². The lowest BCUT2D eigenvalue weighted by Crippen LogP contribution is -2.10. The highest BCUT2D eigenvalue weighted by Gasteiger charge is 2.13. The maximum absolute atomic E-state index is 12.5. The molecule has 0 radical (unpaired) electrons. The second-order valence-electron chi connectivity index (χ2n) is 4.78. The first-order valence-electron chi connectivity index (χ1n) is 6.57. The van der Waals surface area contributed by atoms with Gasteiger partial charge in [-0.25, -0.2) is 0 Å². The van der Waals surface area contributed by atoms with Gasteiger partial charge in [-0.05, 0) is 29.8 Å². The number of carboxylic acids is 1. The van der Waals surface area contributed by atoms with E-state index in [2.05, 4.69) is 0 Å². The van der Waals surface area contributed by atoms with Crippen molar-refractivity contribution in [2.24, 2.45) is 0 Å². The average molecular weight is 279 g/mol. The van der Waals surface area contributed by atoms with Crippen molar-refractivity contribution in [2.75, 3.05) is 0 Å². The van der Waals surface area contributed by atoms with E-state index < -0.39 is 5.97 Å². The van der Waals surface area contributed by atoms with Gasteiger partial charge in [0.15, 0.2) is 0 Å². The smallest absolute Gasteiger partial charge is 0.307 e. The number of benzene rings is 2. The minimum Gasteiger partial charge on any atom is -0.481 e. The second-order valence-corrected chi connectivity index (χ2v) is 4.78. The van der Waals surface area contributed by atoms with Crippen molar-refractivity contribution < 1.29 is 14.7 Å². The summed E-state index contributed by atoms with van der Waals surface area (Å²) in [5.41, 5.74) is 2.03. The van der Waals surface area contributed by atoms with Gasteiger partial charge in [0.05, 0.1) is 11.9 Å². The molecule has 4 heteroatoms. The normalized spacial score (nSPS) is 10.7. The summed E-state index contributed by atoms with van der Waals surface area (Å²) in [5.74, 6) is -1.01. The quantitative estimate of drug-likeness (QED) is 0.802. The molecule has 0 bridgehead atoms. The zero-order valence-corrected chi connectivity index (χ0v) is 11.2. The largest absolute Gasteiger partial charge is 0.481 e. The zero-order chi connectivity index (χ0) is 14.8. The Labute approximate surface area is 121 Å². The Balaban J connectivity index is 2.09. The Hall–Kier alpha value is -2.88. The van der Waals surface area contributed by atoms with E-state index >= 15 is 0 Å². The number of hydrogen-bond donors (Lipinski definition) is 1. The first kappa shape index (κ1) is 13.1. The van der Waals surface area contributed by atoms with Crippen LogP contribution in [0, 0.1) is 0 Å². The van der Waals surface area contributed by atoms with E-state index in [0.717, 1.165) is 10.9 Å². The molecule has 104 valence electrons. The maximum Gasteiger partial charge on any atom is 0.307 e. The summed E-state index contributed by atoms with van der Waals surface area (Å²) in [5, 5.41) is 9.74. The van der Waals surface area contributed by atoms with Gasteiger partial charge in [-0.2, -0.15) is 0 Å². The van der Waals surface area contributed by atoms with Gasteiger partial charge < -0.3 is 5.11 Å². The van der Waals surface area contributed by atoms with E-state index in [4.69, 9.17) is 5.11 Å². The lowest BCUT2D eigenvalue weighted by molar-refractivity contribution is -0.136. The lowest BCUT2D eigenvalue weighted by atomic mass is 10.1. The van der Waals surface area contributed by atoms with E-state index in [1.54, 1.807) is 41.1 Å². The van der Waals surface area contributed by atoms with E-state index in [9.17, 15) is 9.59 Å². The molecule has 1 heterocycles. The van der Waals surface area contributed by atoms with Gasteiger partial charge in [0.1, 0.15) is 0 Å². The number of rotatable bonds is 3. The minimum atomic E-state index is -0.885. The second kappa shape index (κ2) is 5.25. The molecular weight excluding hydrogens is 266 g/mol. The van der Waals surface area contributed by atoms with Crippen LogP contribution in [0.2, 0.25) is 0 Å². The summed E-state index contributed by atoms with van der Waals surface area (Å²) >= 11 is 0. The number of aliphatic carboxylic acids is 1. The molecule has 0 spiro atoms. The van der Waals surface area contributed by atoms with Crippen molar-refractivity contribution in [3.05, 3.63) is 71.9 Å². The molecule has 0 aliphatic heterocycles. The van der Waals surface area contributed by atoms with Crippen LogP contribution in [-0.4, -0.2) is 21.6 Å². The molecule has 1 N–H and O–H groups in total. The molecule has 21 heavy (non-hydrogen) atoms. The third kappa shape index (κ3) is 2.43. The highest BCUT2D eigenvalue weighted by atomic mass is 16.4.